The van der Waals surface area contributed by atoms with Crippen LogP contribution in [0.5, 0.6) is 11.5 Å². The van der Waals surface area contributed by atoms with Crippen molar-refractivity contribution in [2.75, 3.05) is 12.9 Å². The van der Waals surface area contributed by atoms with Gasteiger partial charge in [-0.25, -0.2) is 0 Å². The molecular weight excluding hydrogens is 440 g/mol. The van der Waals surface area contributed by atoms with Gasteiger partial charge >= 0.3 is 0 Å². The van der Waals surface area contributed by atoms with E-state index in [4.69, 9.17) is 9.47 Å². The number of carbonyl (C=O) groups is 1. The van der Waals surface area contributed by atoms with Crippen molar-refractivity contribution in [3.8, 4) is 11.5 Å². The van der Waals surface area contributed by atoms with E-state index in [1.54, 1.807) is 18.4 Å². The zero-order valence-corrected chi connectivity index (χ0v) is 18.1. The number of rotatable bonds is 7. The third-order valence-corrected chi connectivity index (χ3v) is 6.23. The van der Waals surface area contributed by atoms with Gasteiger partial charge in [-0.2, -0.15) is 0 Å². The van der Waals surface area contributed by atoms with E-state index in [9.17, 15) is 34.5 Å². The monoisotopic (exact) mass is 466 g/mol. The number of allylic oxidation sites excluding steroid dienone is 5. The summed E-state index contributed by atoms with van der Waals surface area (Å²) >= 11 is 0. The number of carbonyl (C=O) groups excluding carboxylic acids is 1. The van der Waals surface area contributed by atoms with Crippen LogP contribution in [0.1, 0.15) is 16.8 Å². The molecule has 1 aliphatic carbocycles. The molecule has 0 saturated carbocycles. The minimum atomic E-state index is -1.66. The number of phenols is 1. The number of hydrogen-bond donors (Lipinski definition) is 5. The van der Waals surface area contributed by atoms with Gasteiger partial charge in [-0.1, -0.05) is 24.3 Å². The van der Waals surface area contributed by atoms with E-state index in [2.05, 4.69) is 0 Å². The standard InChI is InChI=1S/C22H26O9S/c1-32(29)13-8-5-12(6-9-13)7-10-15(25)18-14(24)3-2-4-16(18)30-22-21(28)20(27)19(26)17(11-23)31-22/h2-5,7-10,12,17,19-24,26-28H,6,11H2,1H3/t12?,17-,19-,20+,21-,22-,32?/m1/s1. The average Bonchev–Trinajstić information content (AvgIpc) is 2.78. The second-order valence-electron chi connectivity index (χ2n) is 7.51. The second-order valence-corrected chi connectivity index (χ2v) is 8.89. The first-order valence-electron chi connectivity index (χ1n) is 9.96. The van der Waals surface area contributed by atoms with Crippen LogP contribution in [-0.2, 0) is 15.5 Å². The molecule has 1 fully saturated rings. The van der Waals surface area contributed by atoms with Gasteiger partial charge in [0.05, 0.1) is 6.61 Å². The van der Waals surface area contributed by atoms with Crippen LogP contribution >= 0.6 is 0 Å². The molecule has 0 spiro atoms. The Morgan fingerprint density at radius 2 is 2.00 bits per heavy atom. The number of phenolic OH excluding ortho intramolecular Hbond substituents is 1. The Kier molecular flexibility index (Phi) is 7.99. The predicted molar refractivity (Wildman–Crippen MR) is 115 cm³/mol. The average molecular weight is 467 g/mol. The normalized spacial score (nSPS) is 31.3. The molecule has 32 heavy (non-hydrogen) atoms. The van der Waals surface area contributed by atoms with Crippen molar-refractivity contribution in [2.24, 2.45) is 5.92 Å². The molecule has 0 bridgehead atoms. The Bertz CT molecular complexity index is 953. The molecule has 1 heterocycles. The van der Waals surface area contributed by atoms with Crippen molar-refractivity contribution in [1.29, 1.82) is 0 Å². The van der Waals surface area contributed by atoms with Crippen LogP contribution in [0.25, 0.3) is 0 Å². The third-order valence-electron chi connectivity index (χ3n) is 5.27. The highest BCUT2D eigenvalue weighted by atomic mass is 32.2. The van der Waals surface area contributed by atoms with Crippen LogP contribution in [0.2, 0.25) is 0 Å². The maximum atomic E-state index is 12.8. The largest absolute Gasteiger partial charge is 0.507 e. The molecule has 7 atom stereocenters. The topological polar surface area (TPSA) is 154 Å². The van der Waals surface area contributed by atoms with Crippen LogP contribution in [0.4, 0.5) is 0 Å². The molecule has 5 N–H and O–H groups in total. The Balaban J connectivity index is 1.77. The maximum absolute atomic E-state index is 12.8. The zero-order valence-electron chi connectivity index (χ0n) is 17.3. The number of hydrogen-bond acceptors (Lipinski definition) is 9. The summed E-state index contributed by atoms with van der Waals surface area (Å²) in [5.41, 5.74) is -0.175. The van der Waals surface area contributed by atoms with Gasteiger partial charge in [0.2, 0.25) is 6.29 Å². The van der Waals surface area contributed by atoms with Gasteiger partial charge in [0, 0.05) is 22.0 Å². The second kappa shape index (κ2) is 10.5. The molecule has 0 amide bonds. The minimum absolute atomic E-state index is 0.0908. The summed E-state index contributed by atoms with van der Waals surface area (Å²) in [5, 5.41) is 49.6. The molecule has 174 valence electrons. The summed E-state index contributed by atoms with van der Waals surface area (Å²) in [4.78, 5) is 13.5. The van der Waals surface area contributed by atoms with Gasteiger partial charge in [-0.05, 0) is 36.6 Å². The molecule has 1 saturated heterocycles. The maximum Gasteiger partial charge on any atom is 0.229 e. The fourth-order valence-electron chi connectivity index (χ4n) is 3.42. The fourth-order valence-corrected chi connectivity index (χ4v) is 4.02. The van der Waals surface area contributed by atoms with Gasteiger partial charge in [0.1, 0.15) is 41.5 Å². The van der Waals surface area contributed by atoms with E-state index in [-0.39, 0.29) is 23.0 Å². The van der Waals surface area contributed by atoms with E-state index >= 15 is 0 Å². The molecular formula is C22H26O9S. The Morgan fingerprint density at radius 1 is 1.25 bits per heavy atom. The lowest BCUT2D eigenvalue weighted by Crippen LogP contribution is -2.60. The van der Waals surface area contributed by atoms with Gasteiger partial charge in [0.15, 0.2) is 5.78 Å². The van der Waals surface area contributed by atoms with Crippen LogP contribution in [0.15, 0.2) is 53.5 Å². The van der Waals surface area contributed by atoms with Crippen LogP contribution in [0, 0.1) is 5.92 Å². The molecule has 10 heteroatoms. The minimum Gasteiger partial charge on any atom is -0.507 e. The highest BCUT2D eigenvalue weighted by molar-refractivity contribution is 7.88. The van der Waals surface area contributed by atoms with Crippen molar-refractivity contribution in [1.82, 2.24) is 0 Å². The van der Waals surface area contributed by atoms with Crippen molar-refractivity contribution in [3.63, 3.8) is 0 Å². The quantitative estimate of drug-likeness (QED) is 0.279. The van der Waals surface area contributed by atoms with E-state index < -0.39 is 53.9 Å². The van der Waals surface area contributed by atoms with Gasteiger partial charge < -0.3 is 35.0 Å². The Morgan fingerprint density at radius 3 is 2.62 bits per heavy atom. The third kappa shape index (κ3) is 5.34. The molecule has 1 aromatic rings. The van der Waals surface area contributed by atoms with E-state index in [0.717, 1.165) is 4.91 Å². The van der Waals surface area contributed by atoms with Crippen molar-refractivity contribution < 1.29 is 44.0 Å². The number of benzene rings is 1. The zero-order chi connectivity index (χ0) is 23.4. The van der Waals surface area contributed by atoms with Crippen molar-refractivity contribution in [2.45, 2.75) is 37.1 Å². The first-order valence-corrected chi connectivity index (χ1v) is 11.5. The number of aliphatic hydroxyl groups excluding tert-OH is 4. The number of aromatic hydroxyl groups is 1. The van der Waals surface area contributed by atoms with Crippen molar-refractivity contribution in [3.05, 3.63) is 59.0 Å². The molecule has 3 rings (SSSR count). The highest BCUT2D eigenvalue weighted by Gasteiger charge is 2.45. The smallest absolute Gasteiger partial charge is 0.229 e. The highest BCUT2D eigenvalue weighted by Crippen LogP contribution is 2.32. The molecule has 2 unspecified atom stereocenters. The van der Waals surface area contributed by atoms with Gasteiger partial charge in [0.25, 0.3) is 0 Å². The number of ketones is 1. The van der Waals surface area contributed by atoms with E-state index in [1.165, 1.54) is 24.3 Å². The van der Waals surface area contributed by atoms with Gasteiger partial charge in [-0.3, -0.25) is 9.00 Å². The first kappa shape index (κ1) is 24.3. The lowest BCUT2D eigenvalue weighted by molar-refractivity contribution is -0.277. The van der Waals surface area contributed by atoms with Gasteiger partial charge in [-0.15, -0.1) is 0 Å². The fraction of sp³-hybridized carbons (Fsp3) is 0.409. The lowest BCUT2D eigenvalue weighted by Gasteiger charge is -2.39. The molecule has 0 aromatic heterocycles. The summed E-state index contributed by atoms with van der Waals surface area (Å²) in [5.74, 6) is -1.12. The summed E-state index contributed by atoms with van der Waals surface area (Å²) in [6, 6.07) is 4.11. The van der Waals surface area contributed by atoms with Crippen LogP contribution < -0.4 is 4.74 Å². The lowest BCUT2D eigenvalue weighted by atomic mass is 9.98. The molecule has 1 aliphatic heterocycles. The van der Waals surface area contributed by atoms with Crippen LogP contribution in [0.3, 0.4) is 0 Å². The summed E-state index contributed by atoms with van der Waals surface area (Å²) in [6.45, 7) is -0.629. The van der Waals surface area contributed by atoms with E-state index in [1.807, 2.05) is 12.2 Å². The molecule has 1 aromatic carbocycles. The Hall–Kier alpha value is -2.34. The van der Waals surface area contributed by atoms with Crippen LogP contribution in [-0.4, -0.2) is 79.1 Å². The number of ether oxygens (including phenoxy) is 2. The van der Waals surface area contributed by atoms with E-state index in [0.29, 0.717) is 6.42 Å². The Labute approximate surface area is 187 Å². The molecule has 9 nitrogen and oxygen atoms in total. The SMILES string of the molecule is CS(=O)C1=CCC(C=CC(=O)c2c(O)cccc2O[C@@H]2O[C@H](CO)[C@@H](O)[C@H](O)[C@H]2O)C=C1. The summed E-state index contributed by atoms with van der Waals surface area (Å²) in [6.07, 6.45) is 2.97. The molecule has 2 aliphatic rings. The van der Waals surface area contributed by atoms with Crippen molar-refractivity contribution >= 4 is 16.6 Å². The predicted octanol–water partition coefficient (Wildman–Crippen LogP) is 0.148. The summed E-state index contributed by atoms with van der Waals surface area (Å²) in [7, 11) is -1.08. The first-order chi connectivity index (χ1) is 15.2. The molecule has 0 radical (unpaired) electrons. The summed E-state index contributed by atoms with van der Waals surface area (Å²) < 4.78 is 22.4. The number of aliphatic hydroxyl groups is 4.